The molecule has 2 aromatic carbocycles. The number of amides is 2. The van der Waals surface area contributed by atoms with Gasteiger partial charge in [-0.05, 0) is 55.5 Å². The average Bonchev–Trinajstić information content (AvgIpc) is 3.11. The summed E-state index contributed by atoms with van der Waals surface area (Å²) in [4.78, 5) is 28.1. The van der Waals surface area contributed by atoms with Crippen LogP contribution < -0.4 is 10.6 Å². The maximum atomic E-state index is 13.4. The van der Waals surface area contributed by atoms with Gasteiger partial charge in [-0.3, -0.25) is 9.59 Å². The maximum Gasteiger partial charge on any atom is 0.252 e. The molecule has 0 saturated carbocycles. The van der Waals surface area contributed by atoms with Crippen LogP contribution in [0, 0.1) is 11.8 Å². The zero-order valence-electron chi connectivity index (χ0n) is 16.0. The average molecular weight is 377 g/mol. The van der Waals surface area contributed by atoms with Crippen LogP contribution in [0.3, 0.4) is 0 Å². The van der Waals surface area contributed by atoms with Crippen LogP contribution in [0.25, 0.3) is 0 Å². The third-order valence-electron chi connectivity index (χ3n) is 6.02. The maximum absolute atomic E-state index is 13.4. The lowest BCUT2D eigenvalue weighted by atomic mass is 9.92. The molecule has 2 heterocycles. The van der Waals surface area contributed by atoms with Crippen molar-refractivity contribution in [3.8, 4) is 0 Å². The molecular weight excluding hydrogens is 350 g/mol. The van der Waals surface area contributed by atoms with Gasteiger partial charge in [0.2, 0.25) is 5.91 Å². The Morgan fingerprint density at radius 1 is 0.893 bits per heavy atom. The molecule has 1 unspecified atom stereocenters. The number of nitrogens with zero attached hydrogens (tertiary/aromatic N) is 1. The van der Waals surface area contributed by atoms with Crippen molar-refractivity contribution >= 4 is 11.8 Å². The van der Waals surface area contributed by atoms with Gasteiger partial charge in [0.25, 0.3) is 5.91 Å². The minimum Gasteiger partial charge on any atom is -0.341 e. The Hall–Kier alpha value is -2.66. The lowest BCUT2D eigenvalue weighted by molar-refractivity contribution is -0.133. The molecule has 0 spiro atoms. The molecule has 3 atom stereocenters. The van der Waals surface area contributed by atoms with E-state index in [1.54, 1.807) is 12.1 Å². The van der Waals surface area contributed by atoms with Crippen LogP contribution in [0.15, 0.2) is 60.7 Å². The fourth-order valence-corrected chi connectivity index (χ4v) is 4.36. The molecule has 0 aliphatic carbocycles. The van der Waals surface area contributed by atoms with E-state index in [2.05, 4.69) is 10.6 Å². The molecule has 0 radical (unpaired) electrons. The summed E-state index contributed by atoms with van der Waals surface area (Å²) in [5, 5.41) is 6.44. The molecule has 5 nitrogen and oxygen atoms in total. The van der Waals surface area contributed by atoms with E-state index in [0.717, 1.165) is 44.6 Å². The number of fused-ring (bicyclic) bond motifs is 1. The predicted octanol–water partition coefficient (Wildman–Crippen LogP) is 2.62. The number of nitrogens with one attached hydrogen (secondary N) is 2. The summed E-state index contributed by atoms with van der Waals surface area (Å²) in [6, 6.07) is 17.9. The fourth-order valence-electron chi connectivity index (χ4n) is 4.36. The summed E-state index contributed by atoms with van der Waals surface area (Å²) >= 11 is 0. The van der Waals surface area contributed by atoms with Crippen molar-refractivity contribution < 1.29 is 9.59 Å². The van der Waals surface area contributed by atoms with Gasteiger partial charge in [-0.15, -0.1) is 0 Å². The van der Waals surface area contributed by atoms with Gasteiger partial charge in [0.15, 0.2) is 0 Å². The Balaban J connectivity index is 1.53. The molecule has 2 aliphatic heterocycles. The van der Waals surface area contributed by atoms with Crippen molar-refractivity contribution in [2.75, 3.05) is 26.2 Å². The van der Waals surface area contributed by atoms with Crippen molar-refractivity contribution in [1.29, 1.82) is 0 Å². The molecule has 5 heteroatoms. The van der Waals surface area contributed by atoms with E-state index in [9.17, 15) is 9.59 Å². The van der Waals surface area contributed by atoms with Crippen LogP contribution in [0.4, 0.5) is 0 Å². The molecule has 2 aliphatic rings. The third-order valence-corrected chi connectivity index (χ3v) is 6.02. The van der Waals surface area contributed by atoms with Gasteiger partial charge < -0.3 is 15.5 Å². The van der Waals surface area contributed by atoms with Crippen molar-refractivity contribution in [3.05, 3.63) is 71.8 Å². The van der Waals surface area contributed by atoms with Gasteiger partial charge >= 0.3 is 0 Å². The first-order valence-corrected chi connectivity index (χ1v) is 10.1. The van der Waals surface area contributed by atoms with E-state index >= 15 is 0 Å². The molecule has 146 valence electrons. The predicted molar refractivity (Wildman–Crippen MR) is 109 cm³/mol. The smallest absolute Gasteiger partial charge is 0.252 e. The van der Waals surface area contributed by atoms with Gasteiger partial charge in [-0.1, -0.05) is 48.5 Å². The van der Waals surface area contributed by atoms with Crippen molar-refractivity contribution in [3.63, 3.8) is 0 Å². The van der Waals surface area contributed by atoms with E-state index in [0.29, 0.717) is 17.4 Å². The number of benzene rings is 2. The topological polar surface area (TPSA) is 61.4 Å². The van der Waals surface area contributed by atoms with E-state index in [-0.39, 0.29) is 11.8 Å². The first-order valence-electron chi connectivity index (χ1n) is 10.1. The zero-order valence-corrected chi connectivity index (χ0v) is 16.0. The monoisotopic (exact) mass is 377 g/mol. The summed E-state index contributed by atoms with van der Waals surface area (Å²) in [7, 11) is 0. The van der Waals surface area contributed by atoms with E-state index in [4.69, 9.17) is 0 Å². The van der Waals surface area contributed by atoms with Gasteiger partial charge in [0.05, 0.1) is 0 Å². The number of hydrogen-bond acceptors (Lipinski definition) is 3. The Morgan fingerprint density at radius 3 is 2.07 bits per heavy atom. The number of likely N-dealkylation sites (tertiary alicyclic amines) is 1. The highest BCUT2D eigenvalue weighted by Crippen LogP contribution is 2.28. The number of hydrogen-bond donors (Lipinski definition) is 2. The molecule has 2 N–H and O–H groups in total. The molecule has 2 aromatic rings. The van der Waals surface area contributed by atoms with Crippen molar-refractivity contribution in [2.24, 2.45) is 11.8 Å². The zero-order chi connectivity index (χ0) is 19.3. The van der Waals surface area contributed by atoms with Gasteiger partial charge in [-0.2, -0.15) is 0 Å². The number of carbonyl (C=O) groups excluding carboxylic acids is 2. The third kappa shape index (κ3) is 4.09. The highest BCUT2D eigenvalue weighted by molar-refractivity contribution is 5.97. The minimum absolute atomic E-state index is 0.0107. The molecule has 2 saturated heterocycles. The van der Waals surface area contributed by atoms with Crippen LogP contribution in [0.5, 0.6) is 0 Å². The molecule has 4 rings (SSSR count). The Bertz CT molecular complexity index is 795. The van der Waals surface area contributed by atoms with E-state index in [1.807, 2.05) is 53.4 Å². The first-order chi connectivity index (χ1) is 13.7. The molecule has 0 bridgehead atoms. The van der Waals surface area contributed by atoms with Gasteiger partial charge in [-0.25, -0.2) is 0 Å². The van der Waals surface area contributed by atoms with Crippen molar-refractivity contribution in [1.82, 2.24) is 15.5 Å². The molecule has 28 heavy (non-hydrogen) atoms. The standard InChI is InChI=1S/C23H27N3O2/c27-22(18-9-5-2-6-10-18)25-21(17-7-3-1-4-8-17)23(28)26-13-11-19-15-24-16-20(19)12-14-26/h1-10,19-21,24H,11-16H2,(H,25,27)/t19-,20+,21?. The van der Waals surface area contributed by atoms with Gasteiger partial charge in [0.1, 0.15) is 6.04 Å². The van der Waals surface area contributed by atoms with Crippen molar-refractivity contribution in [2.45, 2.75) is 18.9 Å². The summed E-state index contributed by atoms with van der Waals surface area (Å²) in [6.07, 6.45) is 2.05. The van der Waals surface area contributed by atoms with Gasteiger partial charge in [0, 0.05) is 18.7 Å². The Kier molecular flexibility index (Phi) is 5.72. The summed E-state index contributed by atoms with van der Waals surface area (Å²) < 4.78 is 0. The second-order valence-electron chi connectivity index (χ2n) is 7.76. The minimum atomic E-state index is -0.662. The normalized spacial score (nSPS) is 22.8. The Labute approximate surface area is 166 Å². The van der Waals surface area contributed by atoms with Crippen LogP contribution in [0.1, 0.15) is 34.8 Å². The van der Waals surface area contributed by atoms with E-state index < -0.39 is 6.04 Å². The van der Waals surface area contributed by atoms with Crippen LogP contribution in [-0.2, 0) is 4.79 Å². The van der Waals surface area contributed by atoms with Crippen LogP contribution in [-0.4, -0.2) is 42.9 Å². The van der Waals surface area contributed by atoms with E-state index in [1.165, 1.54) is 0 Å². The first kappa shape index (κ1) is 18.7. The number of carbonyl (C=O) groups is 2. The quantitative estimate of drug-likeness (QED) is 0.861. The fraction of sp³-hybridized carbons (Fsp3) is 0.391. The largest absolute Gasteiger partial charge is 0.341 e. The summed E-state index contributed by atoms with van der Waals surface area (Å²) in [5.74, 6) is 1.08. The SMILES string of the molecule is O=C(NC(C(=O)N1CC[C@@H]2CNC[C@@H]2CC1)c1ccccc1)c1ccccc1. The lowest BCUT2D eigenvalue weighted by Gasteiger charge is -2.27. The lowest BCUT2D eigenvalue weighted by Crippen LogP contribution is -2.43. The summed E-state index contributed by atoms with van der Waals surface area (Å²) in [5.41, 5.74) is 1.38. The molecule has 2 fully saturated rings. The molecule has 2 amide bonds. The highest BCUT2D eigenvalue weighted by atomic mass is 16.2. The van der Waals surface area contributed by atoms with Crippen LogP contribution in [0.2, 0.25) is 0 Å². The Morgan fingerprint density at radius 2 is 1.46 bits per heavy atom. The molecular formula is C23H27N3O2. The second kappa shape index (κ2) is 8.57. The summed E-state index contributed by atoms with van der Waals surface area (Å²) in [6.45, 7) is 3.62. The van der Waals surface area contributed by atoms with Crippen LogP contribution >= 0.6 is 0 Å². The number of rotatable bonds is 4. The second-order valence-corrected chi connectivity index (χ2v) is 7.76. The highest BCUT2D eigenvalue weighted by Gasteiger charge is 2.34. The molecule has 0 aromatic heterocycles.